The maximum Gasteiger partial charge on any atom is 0.332 e. The molecule has 0 aliphatic rings. The molecule has 4 rings (SSSR count). The highest BCUT2D eigenvalue weighted by Crippen LogP contribution is 2.17. The van der Waals surface area contributed by atoms with E-state index >= 15 is 0 Å². The number of hydrogen-bond donors (Lipinski definition) is 1. The van der Waals surface area contributed by atoms with Crippen molar-refractivity contribution in [1.29, 1.82) is 0 Å². The summed E-state index contributed by atoms with van der Waals surface area (Å²) in [6.07, 6.45) is 0. The van der Waals surface area contributed by atoms with E-state index in [2.05, 4.69) is 5.32 Å². The normalized spacial score (nSPS) is 10.8. The Morgan fingerprint density at radius 1 is 0.969 bits per heavy atom. The molecular weight excluding hydrogens is 430 g/mol. The highest BCUT2D eigenvalue weighted by Gasteiger charge is 2.16. The fraction of sp³-hybridized carbons (Fsp3) is 0.125. The molecule has 1 aromatic heterocycles. The van der Waals surface area contributed by atoms with Gasteiger partial charge in [0.25, 0.3) is 5.56 Å². The lowest BCUT2D eigenvalue weighted by atomic mass is 10.2. The first kappa shape index (κ1) is 21.4. The number of para-hydroxylation sites is 1. The fourth-order valence-corrected chi connectivity index (χ4v) is 3.74. The average molecular weight is 450 g/mol. The number of amides is 1. The number of rotatable bonds is 6. The van der Waals surface area contributed by atoms with Gasteiger partial charge >= 0.3 is 5.69 Å². The fourth-order valence-electron chi connectivity index (χ4n) is 3.53. The zero-order valence-corrected chi connectivity index (χ0v) is 18.0. The molecule has 0 atom stereocenters. The van der Waals surface area contributed by atoms with Crippen LogP contribution < -0.4 is 21.3 Å². The third-order valence-corrected chi connectivity index (χ3v) is 5.25. The highest BCUT2D eigenvalue weighted by atomic mass is 35.5. The van der Waals surface area contributed by atoms with Gasteiger partial charge in [-0.2, -0.15) is 0 Å². The molecule has 0 aliphatic carbocycles. The maximum atomic E-state index is 13.3. The van der Waals surface area contributed by atoms with Crippen molar-refractivity contribution >= 4 is 34.1 Å². The molecule has 1 heterocycles. The first-order valence-corrected chi connectivity index (χ1v) is 10.2. The summed E-state index contributed by atoms with van der Waals surface area (Å²) in [6, 6.07) is 20.6. The second-order valence-electron chi connectivity index (χ2n) is 7.19. The van der Waals surface area contributed by atoms with Gasteiger partial charge < -0.3 is 10.1 Å². The molecule has 1 N–H and O–H groups in total. The molecule has 0 radical (unpaired) electrons. The predicted molar refractivity (Wildman–Crippen MR) is 125 cm³/mol. The molecule has 7 nitrogen and oxygen atoms in total. The number of halogens is 1. The molecule has 32 heavy (non-hydrogen) atoms. The van der Waals surface area contributed by atoms with Crippen molar-refractivity contribution in [2.45, 2.75) is 13.1 Å². The van der Waals surface area contributed by atoms with Crippen molar-refractivity contribution in [3.8, 4) is 5.75 Å². The van der Waals surface area contributed by atoms with E-state index in [1.54, 1.807) is 72.8 Å². The number of ether oxygens (including phenoxy) is 1. The summed E-state index contributed by atoms with van der Waals surface area (Å²) in [5, 5.41) is 3.62. The van der Waals surface area contributed by atoms with Crippen LogP contribution in [-0.4, -0.2) is 22.2 Å². The van der Waals surface area contributed by atoms with Gasteiger partial charge in [-0.1, -0.05) is 41.9 Å². The van der Waals surface area contributed by atoms with E-state index in [1.807, 2.05) is 0 Å². The lowest BCUT2D eigenvalue weighted by Gasteiger charge is -2.14. The number of aromatic nitrogens is 2. The largest absolute Gasteiger partial charge is 0.497 e. The van der Waals surface area contributed by atoms with Gasteiger partial charge in [0.05, 0.1) is 24.6 Å². The summed E-state index contributed by atoms with van der Waals surface area (Å²) in [5.41, 5.74) is 0.647. The van der Waals surface area contributed by atoms with Crippen LogP contribution in [0.1, 0.15) is 5.56 Å². The van der Waals surface area contributed by atoms with Crippen LogP contribution in [0.15, 0.2) is 82.4 Å². The lowest BCUT2D eigenvalue weighted by Crippen LogP contribution is -2.42. The Hall–Kier alpha value is -3.84. The van der Waals surface area contributed by atoms with Crippen molar-refractivity contribution in [3.63, 3.8) is 0 Å². The second kappa shape index (κ2) is 9.11. The smallest absolute Gasteiger partial charge is 0.332 e. The number of methoxy groups -OCH3 is 1. The minimum absolute atomic E-state index is 0.0422. The van der Waals surface area contributed by atoms with Crippen LogP contribution in [0.4, 0.5) is 5.69 Å². The first-order valence-electron chi connectivity index (χ1n) is 9.87. The summed E-state index contributed by atoms with van der Waals surface area (Å²) < 4.78 is 7.59. The molecule has 0 saturated carbocycles. The third-order valence-electron chi connectivity index (χ3n) is 5.02. The van der Waals surface area contributed by atoms with Crippen molar-refractivity contribution in [1.82, 2.24) is 9.13 Å². The molecule has 0 saturated heterocycles. The summed E-state index contributed by atoms with van der Waals surface area (Å²) in [5.74, 6) is 0.193. The maximum absolute atomic E-state index is 13.3. The topological polar surface area (TPSA) is 82.3 Å². The van der Waals surface area contributed by atoms with Gasteiger partial charge in [-0.3, -0.25) is 18.7 Å². The Labute approximate surface area is 188 Å². The average Bonchev–Trinajstić information content (AvgIpc) is 2.79. The number of benzene rings is 3. The number of carbonyl (C=O) groups is 1. The van der Waals surface area contributed by atoms with Crippen LogP contribution in [0.25, 0.3) is 10.9 Å². The first-order chi connectivity index (χ1) is 15.5. The minimum atomic E-state index is -0.575. The van der Waals surface area contributed by atoms with E-state index in [0.717, 1.165) is 4.57 Å². The van der Waals surface area contributed by atoms with Gasteiger partial charge in [-0.15, -0.1) is 0 Å². The zero-order valence-electron chi connectivity index (χ0n) is 17.2. The quantitative estimate of drug-likeness (QED) is 0.488. The number of nitrogens with one attached hydrogen (secondary N) is 1. The number of nitrogens with zero attached hydrogens (tertiary/aromatic N) is 2. The van der Waals surface area contributed by atoms with E-state index in [9.17, 15) is 14.4 Å². The monoisotopic (exact) mass is 449 g/mol. The van der Waals surface area contributed by atoms with Crippen molar-refractivity contribution < 1.29 is 9.53 Å². The van der Waals surface area contributed by atoms with Gasteiger partial charge in [0.2, 0.25) is 5.91 Å². The number of anilines is 1. The Morgan fingerprint density at radius 2 is 1.75 bits per heavy atom. The lowest BCUT2D eigenvalue weighted by molar-refractivity contribution is -0.116. The van der Waals surface area contributed by atoms with Crippen LogP contribution in [0.2, 0.25) is 5.02 Å². The van der Waals surface area contributed by atoms with Gasteiger partial charge in [0.1, 0.15) is 12.3 Å². The summed E-state index contributed by atoms with van der Waals surface area (Å²) in [6.45, 7) is -0.215. The van der Waals surface area contributed by atoms with Gasteiger partial charge in [-0.25, -0.2) is 4.79 Å². The van der Waals surface area contributed by atoms with Crippen LogP contribution in [-0.2, 0) is 17.9 Å². The van der Waals surface area contributed by atoms with E-state index < -0.39 is 17.2 Å². The molecule has 0 fully saturated rings. The number of carbonyl (C=O) groups excluding carboxylic acids is 1. The van der Waals surface area contributed by atoms with E-state index in [1.165, 1.54) is 11.7 Å². The Bertz CT molecular complexity index is 1420. The van der Waals surface area contributed by atoms with Crippen LogP contribution in [0.3, 0.4) is 0 Å². The Balaban J connectivity index is 1.74. The number of fused-ring (bicyclic) bond motifs is 1. The molecule has 0 aliphatic heterocycles. The second-order valence-corrected chi connectivity index (χ2v) is 7.62. The van der Waals surface area contributed by atoms with Gasteiger partial charge in [-0.05, 0) is 42.0 Å². The van der Waals surface area contributed by atoms with Crippen LogP contribution >= 0.6 is 11.6 Å². The standard InChI is InChI=1S/C24H20ClN3O4/c1-32-19-9-5-8-18(13-19)26-22(29)15-27-21-11-3-2-10-20(21)23(30)28(24(27)31)14-16-6-4-7-17(25)12-16/h2-13H,14-15H2,1H3,(H,26,29). The van der Waals surface area contributed by atoms with Crippen molar-refractivity contribution in [3.05, 3.63) is 104 Å². The van der Waals surface area contributed by atoms with Crippen molar-refractivity contribution in [2.75, 3.05) is 12.4 Å². The number of hydrogen-bond acceptors (Lipinski definition) is 4. The molecular formula is C24H20ClN3O4. The SMILES string of the molecule is COc1cccc(NC(=O)Cn2c(=O)n(Cc3cccc(Cl)c3)c(=O)c3ccccc32)c1. The molecule has 162 valence electrons. The molecule has 0 bridgehead atoms. The molecule has 8 heteroatoms. The van der Waals surface area contributed by atoms with E-state index in [-0.39, 0.29) is 13.1 Å². The Kier molecular flexibility index (Phi) is 6.09. The third kappa shape index (κ3) is 4.43. The summed E-state index contributed by atoms with van der Waals surface area (Å²) in [4.78, 5) is 39.1. The molecule has 3 aromatic carbocycles. The highest BCUT2D eigenvalue weighted by molar-refractivity contribution is 6.30. The minimum Gasteiger partial charge on any atom is -0.497 e. The summed E-state index contributed by atoms with van der Waals surface area (Å²) in [7, 11) is 1.54. The van der Waals surface area contributed by atoms with Gasteiger partial charge in [0, 0.05) is 16.8 Å². The molecule has 0 spiro atoms. The molecule has 1 amide bonds. The summed E-state index contributed by atoms with van der Waals surface area (Å²) >= 11 is 6.05. The van der Waals surface area contributed by atoms with E-state index in [0.29, 0.717) is 32.9 Å². The molecule has 4 aromatic rings. The van der Waals surface area contributed by atoms with Gasteiger partial charge in [0.15, 0.2) is 0 Å². The zero-order chi connectivity index (χ0) is 22.7. The van der Waals surface area contributed by atoms with Crippen LogP contribution in [0, 0.1) is 0 Å². The predicted octanol–water partition coefficient (Wildman–Crippen LogP) is 3.51. The van der Waals surface area contributed by atoms with E-state index in [4.69, 9.17) is 16.3 Å². The molecule has 0 unspecified atom stereocenters. The Morgan fingerprint density at radius 3 is 2.53 bits per heavy atom. The van der Waals surface area contributed by atoms with Crippen LogP contribution in [0.5, 0.6) is 5.75 Å². The van der Waals surface area contributed by atoms with Crippen molar-refractivity contribution in [2.24, 2.45) is 0 Å².